The number of rotatable bonds is 5. The molecule has 0 aliphatic heterocycles. The van der Waals surface area contributed by atoms with Crippen LogP contribution in [0.25, 0.3) is 0 Å². The Morgan fingerprint density at radius 3 is 1.80 bits per heavy atom. The predicted octanol–water partition coefficient (Wildman–Crippen LogP) is -3.13. The van der Waals surface area contributed by atoms with E-state index in [0.717, 1.165) is 0 Å². The van der Waals surface area contributed by atoms with E-state index in [1.54, 1.807) is 0 Å². The van der Waals surface area contributed by atoms with Gasteiger partial charge in [0.2, 0.25) is 0 Å². The molecule has 0 saturated heterocycles. The van der Waals surface area contributed by atoms with E-state index >= 15 is 0 Å². The third-order valence-electron chi connectivity index (χ3n) is 1.50. The van der Waals surface area contributed by atoms with E-state index in [4.69, 9.17) is 25.5 Å². The van der Waals surface area contributed by atoms with Gasteiger partial charge in [0.1, 0.15) is 24.4 Å². The van der Waals surface area contributed by atoms with Gasteiger partial charge in [0.05, 0.1) is 6.61 Å². The molecular formula is C6H15GdNO6S. The van der Waals surface area contributed by atoms with Crippen molar-refractivity contribution >= 4 is 17.7 Å². The minimum atomic E-state index is -1.94. The molecule has 0 aromatic heterocycles. The molecule has 0 aromatic rings. The van der Waals surface area contributed by atoms with Crippen molar-refractivity contribution in [2.24, 2.45) is 0 Å². The molecule has 0 heterocycles. The van der Waals surface area contributed by atoms with Crippen molar-refractivity contribution in [3.05, 3.63) is 0 Å². The molecule has 0 amide bonds. The maximum absolute atomic E-state index is 10.4. The summed E-state index contributed by atoms with van der Waals surface area (Å²) in [5, 5.41) is 42.9. The van der Waals surface area contributed by atoms with Crippen molar-refractivity contribution in [2.45, 2.75) is 24.4 Å². The van der Waals surface area contributed by atoms with Crippen LogP contribution < -0.4 is 6.15 Å². The van der Waals surface area contributed by atoms with Crippen LogP contribution in [0, 0.1) is 39.9 Å². The second-order valence-corrected chi connectivity index (χ2v) is 2.90. The number of hydrogen-bond donors (Lipinski definition) is 6. The standard InChI is InChI=1S/C6H12O6S.Gd.H3N/c7-1-2(8)3(9)4(10)5(11)6(12)13;;/h2-5,7-11H,1H2,(H,12,13);;1H3. The van der Waals surface area contributed by atoms with Crippen molar-refractivity contribution in [3.63, 3.8) is 0 Å². The normalized spacial score (nSPS) is 17.7. The van der Waals surface area contributed by atoms with E-state index in [0.29, 0.717) is 0 Å². The Kier molecular flexibility index (Phi) is 14.4. The topological polar surface area (TPSA) is 155 Å². The van der Waals surface area contributed by atoms with Crippen molar-refractivity contribution in [2.75, 3.05) is 6.61 Å². The molecule has 0 bridgehead atoms. The number of hydrogen-bond acceptors (Lipinski definition) is 7. The summed E-state index contributed by atoms with van der Waals surface area (Å²) in [5.41, 5.74) is 0. The third kappa shape index (κ3) is 7.00. The summed E-state index contributed by atoms with van der Waals surface area (Å²) in [7, 11) is 0. The first-order valence-corrected chi connectivity index (χ1v) is 3.86. The van der Waals surface area contributed by atoms with E-state index in [1.807, 2.05) is 0 Å². The van der Waals surface area contributed by atoms with Gasteiger partial charge in [-0.1, -0.05) is 0 Å². The smallest absolute Gasteiger partial charge is 0.119 e. The van der Waals surface area contributed by atoms with Gasteiger partial charge in [-0.25, -0.2) is 0 Å². The average molecular weight is 387 g/mol. The Balaban J connectivity index is -0.000000720. The van der Waals surface area contributed by atoms with Gasteiger partial charge in [0.15, 0.2) is 0 Å². The first kappa shape index (κ1) is 21.3. The fourth-order valence-electron chi connectivity index (χ4n) is 0.662. The number of aliphatic hydroxyl groups excluding tert-OH is 5. The maximum Gasteiger partial charge on any atom is 0.119 e. The molecule has 4 atom stereocenters. The first-order valence-electron chi connectivity index (χ1n) is 3.45. The van der Waals surface area contributed by atoms with Crippen LogP contribution in [0.3, 0.4) is 0 Å². The van der Waals surface area contributed by atoms with Crippen molar-refractivity contribution < 1.29 is 70.3 Å². The zero-order valence-electron chi connectivity index (χ0n) is 7.92. The summed E-state index contributed by atoms with van der Waals surface area (Å²) in [4.78, 5) is 10.4. The molecule has 0 aliphatic carbocycles. The van der Waals surface area contributed by atoms with Crippen LogP contribution in [0.2, 0.25) is 0 Å². The Morgan fingerprint density at radius 1 is 1.13 bits per heavy atom. The van der Waals surface area contributed by atoms with E-state index in [1.165, 1.54) is 0 Å². The summed E-state index contributed by atoms with van der Waals surface area (Å²) in [6.45, 7) is -0.795. The zero-order chi connectivity index (χ0) is 10.6. The second kappa shape index (κ2) is 10.1. The zero-order valence-corrected chi connectivity index (χ0v) is 11.0. The molecule has 0 saturated carbocycles. The van der Waals surface area contributed by atoms with E-state index in [9.17, 15) is 4.79 Å². The maximum atomic E-state index is 10.4. The Hall–Kier alpha value is 0.975. The average Bonchev–Trinajstić information content (AvgIpc) is 2.12. The fraction of sp³-hybridized carbons (Fsp3) is 0.833. The second-order valence-electron chi connectivity index (χ2n) is 2.49. The van der Waals surface area contributed by atoms with Gasteiger partial charge in [-0.05, 0) is 0 Å². The third-order valence-corrected chi connectivity index (χ3v) is 1.74. The minimum absolute atomic E-state index is 0. The molecule has 0 aromatic carbocycles. The predicted molar refractivity (Wildman–Crippen MR) is 49.5 cm³/mol. The van der Waals surface area contributed by atoms with Gasteiger partial charge in [0.25, 0.3) is 0 Å². The van der Waals surface area contributed by atoms with Crippen LogP contribution in [0.4, 0.5) is 0 Å². The van der Waals surface area contributed by atoms with Gasteiger partial charge < -0.3 is 49.1 Å². The SMILES string of the molecule is O=C([S-])C(O)C(O)C(O)C(O)CO.[Gd].[NH4+]. The van der Waals surface area contributed by atoms with Gasteiger partial charge >= 0.3 is 0 Å². The van der Waals surface area contributed by atoms with E-state index in [-0.39, 0.29) is 46.1 Å². The molecule has 9 N–H and O–H groups in total. The Labute approximate surface area is 124 Å². The van der Waals surface area contributed by atoms with Gasteiger partial charge in [-0.3, -0.25) is 0 Å². The largest absolute Gasteiger partial charge is 0.739 e. The van der Waals surface area contributed by atoms with Crippen LogP contribution in [0.5, 0.6) is 0 Å². The number of carbonyl (C=O) groups excluding carboxylic acids is 1. The monoisotopic (exact) mass is 387 g/mol. The molecule has 0 spiro atoms. The van der Waals surface area contributed by atoms with E-state index in [2.05, 4.69) is 12.6 Å². The Bertz CT molecular complexity index is 185. The van der Waals surface area contributed by atoms with Crippen LogP contribution >= 0.6 is 0 Å². The van der Waals surface area contributed by atoms with Crippen molar-refractivity contribution in [3.8, 4) is 0 Å². The first-order chi connectivity index (χ1) is 5.91. The van der Waals surface area contributed by atoms with Gasteiger partial charge in [0, 0.05) is 45.1 Å². The molecule has 15 heavy (non-hydrogen) atoms. The van der Waals surface area contributed by atoms with Crippen molar-refractivity contribution in [1.29, 1.82) is 0 Å². The molecule has 0 fully saturated rings. The van der Waals surface area contributed by atoms with Gasteiger partial charge in [-0.2, -0.15) is 0 Å². The van der Waals surface area contributed by atoms with Crippen LogP contribution in [-0.2, 0) is 17.4 Å². The molecular weight excluding hydrogens is 371 g/mol. The molecule has 9 heteroatoms. The number of aliphatic hydroxyl groups is 5. The van der Waals surface area contributed by atoms with Gasteiger partial charge in [-0.15, -0.1) is 0 Å². The van der Waals surface area contributed by atoms with Crippen LogP contribution in [-0.4, -0.2) is 61.7 Å². The molecule has 94 valence electrons. The van der Waals surface area contributed by atoms with Crippen LogP contribution in [0.1, 0.15) is 0 Å². The Morgan fingerprint density at radius 2 is 1.53 bits per heavy atom. The summed E-state index contributed by atoms with van der Waals surface area (Å²) >= 11 is 4.02. The molecule has 0 radical (unpaired) electrons. The summed E-state index contributed by atoms with van der Waals surface area (Å²) < 4.78 is 0. The van der Waals surface area contributed by atoms with E-state index < -0.39 is 36.1 Å². The molecule has 0 rings (SSSR count). The molecule has 4 unspecified atom stereocenters. The fourth-order valence-corrected chi connectivity index (χ4v) is 0.801. The molecule has 7 nitrogen and oxygen atoms in total. The minimum Gasteiger partial charge on any atom is -0.739 e. The summed E-state index contributed by atoms with van der Waals surface area (Å²) in [6, 6.07) is 0. The summed E-state index contributed by atoms with van der Waals surface area (Å²) in [5.74, 6) is 0. The van der Waals surface area contributed by atoms with Crippen LogP contribution in [0.15, 0.2) is 0 Å². The quantitative estimate of drug-likeness (QED) is 0.273. The number of carbonyl (C=O) groups is 1. The molecule has 0 aliphatic rings. The summed E-state index contributed by atoms with van der Waals surface area (Å²) in [6.07, 6.45) is -7.27. The van der Waals surface area contributed by atoms with Crippen molar-refractivity contribution in [1.82, 2.24) is 6.15 Å². The number of quaternary nitrogens is 1.